The van der Waals surface area contributed by atoms with Gasteiger partial charge in [-0.05, 0) is 55.5 Å². The van der Waals surface area contributed by atoms with Crippen molar-refractivity contribution in [1.82, 2.24) is 5.32 Å². The van der Waals surface area contributed by atoms with E-state index in [-0.39, 0.29) is 11.5 Å². The van der Waals surface area contributed by atoms with E-state index < -0.39 is 0 Å². The Morgan fingerprint density at radius 3 is 2.52 bits per heavy atom. The Hall–Kier alpha value is -2.04. The van der Waals surface area contributed by atoms with E-state index in [1.165, 1.54) is 11.1 Å². The standard InChI is InChI=1S/C25H35NO3/c1-19(2)24-17-25(14-16-29-24,22-7-5-6-8-23(22)28-4)13-15-26-18-20-9-11-21(27-3)12-10-20/h5-12,19,24,26H,13-18H2,1-4H3/t24-,25+/m0/s1. The summed E-state index contributed by atoms with van der Waals surface area (Å²) >= 11 is 0. The van der Waals surface area contributed by atoms with Gasteiger partial charge in [0.15, 0.2) is 0 Å². The molecule has 2 atom stereocenters. The van der Waals surface area contributed by atoms with E-state index in [1.807, 2.05) is 12.1 Å². The summed E-state index contributed by atoms with van der Waals surface area (Å²) in [7, 11) is 3.47. The van der Waals surface area contributed by atoms with Gasteiger partial charge in [0.25, 0.3) is 0 Å². The number of hydrogen-bond donors (Lipinski definition) is 1. The van der Waals surface area contributed by atoms with Gasteiger partial charge in [-0.15, -0.1) is 0 Å². The molecule has 0 amide bonds. The van der Waals surface area contributed by atoms with Crippen molar-refractivity contribution in [3.63, 3.8) is 0 Å². The lowest BCUT2D eigenvalue weighted by Crippen LogP contribution is -2.42. The molecule has 1 N–H and O–H groups in total. The highest BCUT2D eigenvalue weighted by Gasteiger charge is 2.40. The van der Waals surface area contributed by atoms with Crippen molar-refractivity contribution in [3.05, 3.63) is 59.7 Å². The van der Waals surface area contributed by atoms with Crippen LogP contribution in [0.3, 0.4) is 0 Å². The zero-order valence-electron chi connectivity index (χ0n) is 18.2. The van der Waals surface area contributed by atoms with Gasteiger partial charge in [-0.25, -0.2) is 0 Å². The highest BCUT2D eigenvalue weighted by molar-refractivity contribution is 5.40. The van der Waals surface area contributed by atoms with Crippen molar-refractivity contribution in [2.75, 3.05) is 27.4 Å². The first kappa shape index (κ1) is 21.7. The van der Waals surface area contributed by atoms with Crippen molar-refractivity contribution >= 4 is 0 Å². The van der Waals surface area contributed by atoms with Crippen LogP contribution < -0.4 is 14.8 Å². The summed E-state index contributed by atoms with van der Waals surface area (Å²) in [5.41, 5.74) is 2.67. The van der Waals surface area contributed by atoms with E-state index in [9.17, 15) is 0 Å². The van der Waals surface area contributed by atoms with Gasteiger partial charge in [0.05, 0.1) is 20.3 Å². The number of benzene rings is 2. The molecule has 1 aliphatic rings. The SMILES string of the molecule is COc1ccc(CNCC[C@@]2(c3ccccc3OC)CCO[C@H](C(C)C)C2)cc1. The maximum absolute atomic E-state index is 6.11. The van der Waals surface area contributed by atoms with Gasteiger partial charge < -0.3 is 19.5 Å². The number of para-hydroxylation sites is 1. The van der Waals surface area contributed by atoms with Crippen LogP contribution in [0.4, 0.5) is 0 Å². The lowest BCUT2D eigenvalue weighted by molar-refractivity contribution is -0.0473. The lowest BCUT2D eigenvalue weighted by Gasteiger charge is -2.43. The number of methoxy groups -OCH3 is 2. The summed E-state index contributed by atoms with van der Waals surface area (Å²) in [4.78, 5) is 0. The number of hydrogen-bond acceptors (Lipinski definition) is 4. The molecule has 29 heavy (non-hydrogen) atoms. The van der Waals surface area contributed by atoms with Crippen molar-refractivity contribution in [3.8, 4) is 11.5 Å². The molecule has 1 aliphatic heterocycles. The molecule has 0 bridgehead atoms. The molecule has 4 nitrogen and oxygen atoms in total. The Balaban J connectivity index is 1.71. The average molecular weight is 398 g/mol. The molecule has 2 aromatic rings. The molecular weight excluding hydrogens is 362 g/mol. The second-order valence-corrected chi connectivity index (χ2v) is 8.36. The van der Waals surface area contributed by atoms with Crippen LogP contribution in [0.15, 0.2) is 48.5 Å². The Kier molecular flexibility index (Phi) is 7.57. The van der Waals surface area contributed by atoms with E-state index in [1.54, 1.807) is 14.2 Å². The van der Waals surface area contributed by atoms with E-state index >= 15 is 0 Å². The Bertz CT molecular complexity index is 759. The largest absolute Gasteiger partial charge is 0.497 e. The number of rotatable bonds is 9. The first-order valence-corrected chi connectivity index (χ1v) is 10.7. The molecule has 0 aliphatic carbocycles. The van der Waals surface area contributed by atoms with Crippen LogP contribution in [0.5, 0.6) is 11.5 Å². The molecule has 1 heterocycles. The molecule has 0 saturated carbocycles. The highest BCUT2D eigenvalue weighted by Crippen LogP contribution is 2.45. The normalized spacial score (nSPS) is 21.9. The van der Waals surface area contributed by atoms with E-state index in [0.717, 1.165) is 50.5 Å². The smallest absolute Gasteiger partial charge is 0.122 e. The third-order valence-electron chi connectivity index (χ3n) is 6.19. The molecule has 3 rings (SSSR count). The summed E-state index contributed by atoms with van der Waals surface area (Å²) in [6, 6.07) is 16.8. The summed E-state index contributed by atoms with van der Waals surface area (Å²) in [5.74, 6) is 2.40. The molecule has 0 unspecified atom stereocenters. The van der Waals surface area contributed by atoms with Gasteiger partial charge >= 0.3 is 0 Å². The zero-order chi connectivity index (χ0) is 20.7. The lowest BCUT2D eigenvalue weighted by atomic mass is 9.68. The number of ether oxygens (including phenoxy) is 3. The fraction of sp³-hybridized carbons (Fsp3) is 0.520. The fourth-order valence-corrected chi connectivity index (χ4v) is 4.37. The van der Waals surface area contributed by atoms with Crippen molar-refractivity contribution in [1.29, 1.82) is 0 Å². The van der Waals surface area contributed by atoms with E-state index in [4.69, 9.17) is 14.2 Å². The second-order valence-electron chi connectivity index (χ2n) is 8.36. The maximum atomic E-state index is 6.11. The Morgan fingerprint density at radius 1 is 1.07 bits per heavy atom. The molecular formula is C25H35NO3. The van der Waals surface area contributed by atoms with Crippen LogP contribution in [-0.4, -0.2) is 33.5 Å². The van der Waals surface area contributed by atoms with E-state index in [2.05, 4.69) is 55.6 Å². The van der Waals surface area contributed by atoms with Crippen LogP contribution in [-0.2, 0) is 16.7 Å². The van der Waals surface area contributed by atoms with Gasteiger partial charge in [0, 0.05) is 24.1 Å². The zero-order valence-corrected chi connectivity index (χ0v) is 18.2. The minimum Gasteiger partial charge on any atom is -0.497 e. The van der Waals surface area contributed by atoms with Crippen LogP contribution in [0.1, 0.15) is 44.2 Å². The molecule has 0 spiro atoms. The monoisotopic (exact) mass is 397 g/mol. The average Bonchev–Trinajstić information content (AvgIpc) is 2.77. The first-order valence-electron chi connectivity index (χ1n) is 10.7. The third-order valence-corrected chi connectivity index (χ3v) is 6.19. The minimum atomic E-state index is 0.0761. The van der Waals surface area contributed by atoms with Crippen molar-refractivity contribution in [2.24, 2.45) is 5.92 Å². The molecule has 158 valence electrons. The summed E-state index contributed by atoms with van der Waals surface area (Å²) < 4.78 is 17.1. The van der Waals surface area contributed by atoms with Crippen LogP contribution in [0.25, 0.3) is 0 Å². The molecule has 2 aromatic carbocycles. The van der Waals surface area contributed by atoms with Gasteiger partial charge in [0.2, 0.25) is 0 Å². The van der Waals surface area contributed by atoms with Crippen LogP contribution >= 0.6 is 0 Å². The maximum Gasteiger partial charge on any atom is 0.122 e. The number of nitrogens with one attached hydrogen (secondary N) is 1. The third kappa shape index (κ3) is 5.31. The van der Waals surface area contributed by atoms with Gasteiger partial charge in [0.1, 0.15) is 11.5 Å². The molecule has 4 heteroatoms. The summed E-state index contributed by atoms with van der Waals surface area (Å²) in [5, 5.41) is 3.64. The topological polar surface area (TPSA) is 39.7 Å². The van der Waals surface area contributed by atoms with Gasteiger partial charge in [-0.1, -0.05) is 44.2 Å². The minimum absolute atomic E-state index is 0.0761. The van der Waals surface area contributed by atoms with Crippen LogP contribution in [0, 0.1) is 5.92 Å². The molecule has 1 fully saturated rings. The molecule has 0 aromatic heterocycles. The Labute approximate surface area is 175 Å². The quantitative estimate of drug-likeness (QED) is 0.607. The predicted octanol–water partition coefficient (Wildman–Crippen LogP) is 4.96. The van der Waals surface area contributed by atoms with Gasteiger partial charge in [-0.3, -0.25) is 0 Å². The van der Waals surface area contributed by atoms with Crippen molar-refractivity contribution < 1.29 is 14.2 Å². The Morgan fingerprint density at radius 2 is 1.83 bits per heavy atom. The first-order chi connectivity index (χ1) is 14.1. The van der Waals surface area contributed by atoms with Crippen LogP contribution in [0.2, 0.25) is 0 Å². The predicted molar refractivity (Wildman–Crippen MR) is 118 cm³/mol. The van der Waals surface area contributed by atoms with E-state index in [0.29, 0.717) is 5.92 Å². The van der Waals surface area contributed by atoms with Crippen molar-refractivity contribution in [2.45, 2.75) is 51.2 Å². The van der Waals surface area contributed by atoms with Gasteiger partial charge in [-0.2, -0.15) is 0 Å². The molecule has 1 saturated heterocycles. The summed E-state index contributed by atoms with van der Waals surface area (Å²) in [6.07, 6.45) is 3.42. The molecule has 0 radical (unpaired) electrons. The highest BCUT2D eigenvalue weighted by atomic mass is 16.5. The second kappa shape index (κ2) is 10.1. The summed E-state index contributed by atoms with van der Waals surface area (Å²) in [6.45, 7) is 7.13. The fourth-order valence-electron chi connectivity index (χ4n) is 4.37.